The highest BCUT2D eigenvalue weighted by Gasteiger charge is 2.18. The van der Waals surface area contributed by atoms with Gasteiger partial charge in [-0.05, 0) is 29.8 Å². The van der Waals surface area contributed by atoms with Crippen LogP contribution in [0.4, 0.5) is 0 Å². The summed E-state index contributed by atoms with van der Waals surface area (Å²) in [7, 11) is 0. The van der Waals surface area contributed by atoms with Gasteiger partial charge in [0.05, 0.1) is 20.1 Å². The van der Waals surface area contributed by atoms with Crippen molar-refractivity contribution in [2.45, 2.75) is 0 Å². The molecule has 2 aromatic carbocycles. The third-order valence-corrected chi connectivity index (χ3v) is 4.32. The van der Waals surface area contributed by atoms with Gasteiger partial charge in [0, 0.05) is 16.1 Å². The number of rotatable bonds is 2. The first-order valence-electron chi connectivity index (χ1n) is 5.03. The van der Waals surface area contributed by atoms with E-state index in [0.29, 0.717) is 33.0 Å². The van der Waals surface area contributed by atoms with E-state index in [1.54, 1.807) is 18.2 Å². The lowest BCUT2D eigenvalue weighted by Crippen LogP contribution is -1.91. The van der Waals surface area contributed by atoms with Crippen LogP contribution in [0.15, 0.2) is 24.3 Å². The molecule has 0 amide bonds. The molecule has 6 heteroatoms. The summed E-state index contributed by atoms with van der Waals surface area (Å²) in [4.78, 5) is 11.1. The van der Waals surface area contributed by atoms with Crippen LogP contribution in [0.5, 0.6) is 0 Å². The fraction of sp³-hybridized carbons (Fsp3) is 0. The highest BCUT2D eigenvalue weighted by molar-refractivity contribution is 6.51. The van der Waals surface area contributed by atoms with Gasteiger partial charge in [0.1, 0.15) is 0 Å². The zero-order chi connectivity index (χ0) is 14.2. The predicted octanol–water partition coefficient (Wildman–Crippen LogP) is 6.43. The van der Waals surface area contributed by atoms with Gasteiger partial charge >= 0.3 is 0 Å². The van der Waals surface area contributed by atoms with Crippen LogP contribution in [0.3, 0.4) is 0 Å². The van der Waals surface area contributed by atoms with E-state index in [0.717, 1.165) is 0 Å². The van der Waals surface area contributed by atoms with E-state index in [2.05, 4.69) is 0 Å². The summed E-state index contributed by atoms with van der Waals surface area (Å²) in [5, 5.41) is 1.36. The van der Waals surface area contributed by atoms with Crippen molar-refractivity contribution in [3.05, 3.63) is 54.9 Å². The Labute approximate surface area is 135 Å². The molecule has 0 unspecified atom stereocenters. The molecule has 0 bridgehead atoms. The number of hydrogen-bond acceptors (Lipinski definition) is 1. The van der Waals surface area contributed by atoms with E-state index in [4.69, 9.17) is 58.0 Å². The SMILES string of the molecule is O=Cc1ccc(Cl)cc1-c1c(Cl)cc(Cl)c(Cl)c1Cl. The second kappa shape index (κ2) is 5.90. The van der Waals surface area contributed by atoms with Gasteiger partial charge in [-0.15, -0.1) is 0 Å². The molecule has 2 aromatic rings. The minimum atomic E-state index is 0.180. The van der Waals surface area contributed by atoms with Gasteiger partial charge in [-0.25, -0.2) is 0 Å². The van der Waals surface area contributed by atoms with Gasteiger partial charge < -0.3 is 0 Å². The molecular weight excluding hydrogens is 349 g/mol. The number of hydrogen-bond donors (Lipinski definition) is 0. The summed E-state index contributed by atoms with van der Waals surface area (Å²) in [6, 6.07) is 6.26. The van der Waals surface area contributed by atoms with Crippen molar-refractivity contribution in [2.75, 3.05) is 0 Å². The normalized spacial score (nSPS) is 10.6. The fourth-order valence-electron chi connectivity index (χ4n) is 1.66. The molecule has 0 aromatic heterocycles. The molecule has 0 saturated carbocycles. The van der Waals surface area contributed by atoms with Crippen LogP contribution in [0.1, 0.15) is 10.4 Å². The molecular formula is C13H5Cl5O. The maximum Gasteiger partial charge on any atom is 0.150 e. The minimum Gasteiger partial charge on any atom is -0.298 e. The van der Waals surface area contributed by atoms with Crippen molar-refractivity contribution in [1.29, 1.82) is 0 Å². The van der Waals surface area contributed by atoms with Gasteiger partial charge in [-0.3, -0.25) is 4.79 Å². The van der Waals surface area contributed by atoms with Gasteiger partial charge in [0.15, 0.2) is 6.29 Å². The van der Waals surface area contributed by atoms with Crippen molar-refractivity contribution in [1.82, 2.24) is 0 Å². The van der Waals surface area contributed by atoms with E-state index in [9.17, 15) is 4.79 Å². The van der Waals surface area contributed by atoms with Crippen molar-refractivity contribution in [3.63, 3.8) is 0 Å². The average Bonchev–Trinajstić information content (AvgIpc) is 2.36. The molecule has 0 N–H and O–H groups in total. The largest absolute Gasteiger partial charge is 0.298 e. The first-order valence-corrected chi connectivity index (χ1v) is 6.92. The van der Waals surface area contributed by atoms with Crippen molar-refractivity contribution < 1.29 is 4.79 Å². The van der Waals surface area contributed by atoms with Gasteiger partial charge in [0.2, 0.25) is 0 Å². The highest BCUT2D eigenvalue weighted by Crippen LogP contribution is 2.44. The van der Waals surface area contributed by atoms with Gasteiger partial charge in [-0.2, -0.15) is 0 Å². The molecule has 0 aliphatic rings. The highest BCUT2D eigenvalue weighted by atomic mass is 35.5. The number of carbonyl (C=O) groups excluding carboxylic acids is 1. The van der Waals surface area contributed by atoms with Crippen LogP contribution in [-0.4, -0.2) is 6.29 Å². The molecule has 0 heterocycles. The third-order valence-electron chi connectivity index (χ3n) is 2.53. The van der Waals surface area contributed by atoms with Crippen LogP contribution in [0.25, 0.3) is 11.1 Å². The molecule has 0 aliphatic heterocycles. The Morgan fingerprint density at radius 2 is 1.53 bits per heavy atom. The van der Waals surface area contributed by atoms with Crippen molar-refractivity contribution >= 4 is 64.3 Å². The second-order valence-electron chi connectivity index (χ2n) is 3.69. The van der Waals surface area contributed by atoms with E-state index in [1.807, 2.05) is 0 Å². The fourth-order valence-corrected chi connectivity index (χ4v) is 2.95. The molecule has 0 saturated heterocycles. The molecule has 98 valence electrons. The molecule has 2 rings (SSSR count). The summed E-state index contributed by atoms with van der Waals surface area (Å²) in [6.07, 6.45) is 0.695. The molecule has 0 atom stereocenters. The lowest BCUT2D eigenvalue weighted by Gasteiger charge is -2.12. The number of carbonyl (C=O) groups is 1. The summed E-state index contributed by atoms with van der Waals surface area (Å²) in [6.45, 7) is 0. The number of aldehydes is 1. The van der Waals surface area contributed by atoms with E-state index in [-0.39, 0.29) is 15.1 Å². The maximum atomic E-state index is 11.1. The Hall–Kier alpha value is -0.440. The quantitative estimate of drug-likeness (QED) is 0.345. The minimum absolute atomic E-state index is 0.180. The van der Waals surface area contributed by atoms with E-state index in [1.165, 1.54) is 6.07 Å². The summed E-state index contributed by atoms with van der Waals surface area (Å²) >= 11 is 30.1. The first kappa shape index (κ1) is 15.0. The van der Waals surface area contributed by atoms with E-state index >= 15 is 0 Å². The summed E-state index contributed by atoms with van der Waals surface area (Å²) in [5.74, 6) is 0. The predicted molar refractivity (Wildman–Crippen MR) is 82.3 cm³/mol. The Bertz CT molecular complexity index is 667. The average molecular weight is 354 g/mol. The van der Waals surface area contributed by atoms with Crippen LogP contribution in [0.2, 0.25) is 25.1 Å². The van der Waals surface area contributed by atoms with Gasteiger partial charge in [-0.1, -0.05) is 58.0 Å². The zero-order valence-electron chi connectivity index (χ0n) is 9.18. The number of halogens is 5. The topological polar surface area (TPSA) is 17.1 Å². The van der Waals surface area contributed by atoms with E-state index < -0.39 is 0 Å². The molecule has 19 heavy (non-hydrogen) atoms. The van der Waals surface area contributed by atoms with Crippen molar-refractivity contribution in [3.8, 4) is 11.1 Å². The van der Waals surface area contributed by atoms with Crippen LogP contribution >= 0.6 is 58.0 Å². The molecule has 0 radical (unpaired) electrons. The second-order valence-corrected chi connectivity index (χ2v) is 5.70. The van der Waals surface area contributed by atoms with Crippen molar-refractivity contribution in [2.24, 2.45) is 0 Å². The lowest BCUT2D eigenvalue weighted by molar-refractivity contribution is 0.112. The summed E-state index contributed by atoms with van der Waals surface area (Å²) < 4.78 is 0. The standard InChI is InChI=1S/C13H5Cl5O/c14-7-2-1-6(5-19)8(3-7)11-9(15)4-10(16)12(17)13(11)18/h1-5H. The zero-order valence-corrected chi connectivity index (χ0v) is 13.0. The lowest BCUT2D eigenvalue weighted by atomic mass is 10.0. The Kier molecular flexibility index (Phi) is 4.65. The van der Waals surface area contributed by atoms with Crippen LogP contribution in [-0.2, 0) is 0 Å². The summed E-state index contributed by atoms with van der Waals surface area (Å²) in [5.41, 5.74) is 1.35. The van der Waals surface area contributed by atoms with Crippen LogP contribution in [0, 0.1) is 0 Å². The molecule has 1 nitrogen and oxygen atoms in total. The Morgan fingerprint density at radius 1 is 0.842 bits per heavy atom. The van der Waals surface area contributed by atoms with Crippen LogP contribution < -0.4 is 0 Å². The molecule has 0 fully saturated rings. The molecule has 0 aliphatic carbocycles. The first-order chi connectivity index (χ1) is 8.95. The maximum absolute atomic E-state index is 11.1. The Morgan fingerprint density at radius 3 is 2.16 bits per heavy atom. The smallest absolute Gasteiger partial charge is 0.150 e. The number of benzene rings is 2. The Balaban J connectivity index is 2.82. The monoisotopic (exact) mass is 352 g/mol. The van der Waals surface area contributed by atoms with Gasteiger partial charge in [0.25, 0.3) is 0 Å². The third kappa shape index (κ3) is 2.86. The molecule has 0 spiro atoms.